The summed E-state index contributed by atoms with van der Waals surface area (Å²) in [5, 5.41) is 3.97. The van der Waals surface area contributed by atoms with Gasteiger partial charge in [-0.25, -0.2) is 22.7 Å². The standard InChI is InChI=1S/C17H16F3N5O/c18-11-3-1-2-10(6-11)13-7-17(19,20)9-24(13)14-4-5-25-16(23-14)12(8-22-25)15(21)26/h1-5,8,11,13H,6-7,9H2,(H2,21,26)/t11?,13-/m1/s1. The Morgan fingerprint density at radius 2 is 2.19 bits per heavy atom. The molecule has 1 aliphatic heterocycles. The van der Waals surface area contributed by atoms with E-state index in [0.717, 1.165) is 0 Å². The number of primary amides is 1. The normalized spacial score (nSPS) is 24.9. The Morgan fingerprint density at radius 3 is 2.92 bits per heavy atom. The van der Waals surface area contributed by atoms with Crippen molar-refractivity contribution < 1.29 is 18.0 Å². The molecule has 0 radical (unpaired) electrons. The molecule has 9 heteroatoms. The number of nitrogens with two attached hydrogens (primary N) is 1. The number of anilines is 1. The molecule has 2 aliphatic rings. The maximum Gasteiger partial charge on any atom is 0.267 e. The molecule has 2 N–H and O–H groups in total. The summed E-state index contributed by atoms with van der Waals surface area (Å²) >= 11 is 0. The topological polar surface area (TPSA) is 76.5 Å². The van der Waals surface area contributed by atoms with Crippen molar-refractivity contribution in [1.82, 2.24) is 14.6 Å². The average Bonchev–Trinajstić information content (AvgIpc) is 3.14. The minimum atomic E-state index is -2.92. The lowest BCUT2D eigenvalue weighted by Crippen LogP contribution is -2.33. The minimum Gasteiger partial charge on any atom is -0.365 e. The van der Waals surface area contributed by atoms with Gasteiger partial charge in [-0.05, 0) is 11.6 Å². The van der Waals surface area contributed by atoms with E-state index in [2.05, 4.69) is 10.1 Å². The highest BCUT2D eigenvalue weighted by molar-refractivity contribution is 5.98. The van der Waals surface area contributed by atoms with Crippen LogP contribution in [0.25, 0.3) is 5.65 Å². The van der Waals surface area contributed by atoms with E-state index in [0.29, 0.717) is 5.57 Å². The zero-order valence-electron chi connectivity index (χ0n) is 13.6. The van der Waals surface area contributed by atoms with Crippen molar-refractivity contribution in [2.24, 2.45) is 5.73 Å². The molecule has 4 rings (SSSR count). The monoisotopic (exact) mass is 363 g/mol. The molecular weight excluding hydrogens is 347 g/mol. The van der Waals surface area contributed by atoms with Crippen LogP contribution in [0.2, 0.25) is 0 Å². The second-order valence-corrected chi connectivity index (χ2v) is 6.53. The number of nitrogens with zero attached hydrogens (tertiary/aromatic N) is 4. The summed E-state index contributed by atoms with van der Waals surface area (Å²) in [7, 11) is 0. The van der Waals surface area contributed by atoms with Crippen molar-refractivity contribution in [3.05, 3.63) is 47.8 Å². The van der Waals surface area contributed by atoms with Crippen LogP contribution in [-0.2, 0) is 0 Å². The summed E-state index contributed by atoms with van der Waals surface area (Å²) in [6.45, 7) is -0.529. The molecule has 2 atom stereocenters. The van der Waals surface area contributed by atoms with Gasteiger partial charge < -0.3 is 10.6 Å². The number of allylic oxidation sites excluding steroid dienone is 3. The lowest BCUT2D eigenvalue weighted by molar-refractivity contribution is 0.0232. The first kappa shape index (κ1) is 16.6. The third-order valence-electron chi connectivity index (χ3n) is 4.67. The van der Waals surface area contributed by atoms with Gasteiger partial charge in [0.25, 0.3) is 11.8 Å². The van der Waals surface area contributed by atoms with Gasteiger partial charge in [-0.1, -0.05) is 18.2 Å². The molecule has 1 fully saturated rings. The highest BCUT2D eigenvalue weighted by Gasteiger charge is 2.47. The van der Waals surface area contributed by atoms with E-state index >= 15 is 0 Å². The van der Waals surface area contributed by atoms with Gasteiger partial charge in [0, 0.05) is 19.0 Å². The Labute approximate surface area is 146 Å². The molecule has 1 unspecified atom stereocenters. The Hall–Kier alpha value is -2.84. The zero-order chi connectivity index (χ0) is 18.5. The van der Waals surface area contributed by atoms with E-state index in [1.807, 2.05) is 0 Å². The average molecular weight is 363 g/mol. The number of hydrogen-bond acceptors (Lipinski definition) is 4. The highest BCUT2D eigenvalue weighted by Crippen LogP contribution is 2.39. The van der Waals surface area contributed by atoms with Crippen molar-refractivity contribution in [2.75, 3.05) is 11.4 Å². The van der Waals surface area contributed by atoms with Gasteiger partial charge in [0.1, 0.15) is 17.6 Å². The molecule has 26 heavy (non-hydrogen) atoms. The molecule has 1 amide bonds. The van der Waals surface area contributed by atoms with Crippen LogP contribution in [0.4, 0.5) is 19.0 Å². The van der Waals surface area contributed by atoms with Crippen LogP contribution in [0.3, 0.4) is 0 Å². The van der Waals surface area contributed by atoms with Crippen molar-refractivity contribution in [1.29, 1.82) is 0 Å². The van der Waals surface area contributed by atoms with Gasteiger partial charge >= 0.3 is 0 Å². The lowest BCUT2D eigenvalue weighted by atomic mass is 9.94. The molecule has 1 saturated heterocycles. The first-order valence-electron chi connectivity index (χ1n) is 8.14. The molecule has 6 nitrogen and oxygen atoms in total. The number of hydrogen-bond donors (Lipinski definition) is 1. The van der Waals surface area contributed by atoms with E-state index < -0.39 is 37.0 Å². The molecule has 0 spiro atoms. The maximum absolute atomic E-state index is 14.1. The maximum atomic E-state index is 14.1. The number of fused-ring (bicyclic) bond motifs is 1. The fourth-order valence-corrected chi connectivity index (χ4v) is 3.49. The van der Waals surface area contributed by atoms with Crippen LogP contribution in [0.15, 0.2) is 42.3 Å². The Bertz CT molecular complexity index is 936. The number of carbonyl (C=O) groups is 1. The van der Waals surface area contributed by atoms with Gasteiger partial charge in [-0.3, -0.25) is 4.79 Å². The van der Waals surface area contributed by atoms with Crippen molar-refractivity contribution in [3.63, 3.8) is 0 Å². The highest BCUT2D eigenvalue weighted by atomic mass is 19.3. The van der Waals surface area contributed by atoms with Gasteiger partial charge in [0.2, 0.25) is 0 Å². The van der Waals surface area contributed by atoms with Crippen LogP contribution in [0.5, 0.6) is 0 Å². The third-order valence-corrected chi connectivity index (χ3v) is 4.67. The first-order chi connectivity index (χ1) is 12.3. The fraction of sp³-hybridized carbons (Fsp3) is 0.353. The second kappa shape index (κ2) is 5.86. The number of carbonyl (C=O) groups excluding carboxylic acids is 1. The first-order valence-corrected chi connectivity index (χ1v) is 8.14. The molecule has 0 bridgehead atoms. The van der Waals surface area contributed by atoms with Gasteiger partial charge in [0.05, 0.1) is 18.8 Å². The number of alkyl halides is 3. The number of halogens is 3. The fourth-order valence-electron chi connectivity index (χ4n) is 3.49. The molecular formula is C17H16F3N5O. The van der Waals surface area contributed by atoms with Crippen molar-refractivity contribution >= 4 is 17.4 Å². The Balaban J connectivity index is 1.75. The predicted molar refractivity (Wildman–Crippen MR) is 88.9 cm³/mol. The number of aromatic nitrogens is 3. The predicted octanol–water partition coefficient (Wildman–Crippen LogP) is 2.27. The number of rotatable bonds is 3. The summed E-state index contributed by atoms with van der Waals surface area (Å²) in [6.07, 6.45) is 5.94. The molecule has 2 aromatic rings. The summed E-state index contributed by atoms with van der Waals surface area (Å²) in [5.74, 6) is -3.35. The SMILES string of the molecule is NC(=O)c1cnn2ccc(N3CC(F)(F)C[C@@H]3C3=CC=CC(F)C3)nc12. The zero-order valence-corrected chi connectivity index (χ0v) is 13.6. The molecule has 1 aliphatic carbocycles. The van der Waals surface area contributed by atoms with Gasteiger partial charge in [-0.2, -0.15) is 5.10 Å². The van der Waals surface area contributed by atoms with Crippen molar-refractivity contribution in [3.8, 4) is 0 Å². The van der Waals surface area contributed by atoms with Crippen LogP contribution in [0.1, 0.15) is 23.2 Å². The second-order valence-electron chi connectivity index (χ2n) is 6.53. The van der Waals surface area contributed by atoms with E-state index in [-0.39, 0.29) is 23.4 Å². The van der Waals surface area contributed by atoms with Crippen LogP contribution in [-0.4, -0.2) is 45.2 Å². The largest absolute Gasteiger partial charge is 0.365 e. The lowest BCUT2D eigenvalue weighted by Gasteiger charge is -2.28. The molecule has 136 valence electrons. The summed E-state index contributed by atoms with van der Waals surface area (Å²) < 4.78 is 43.3. The smallest absolute Gasteiger partial charge is 0.267 e. The molecule has 0 saturated carbocycles. The molecule has 0 aromatic carbocycles. The van der Waals surface area contributed by atoms with Crippen LogP contribution >= 0.6 is 0 Å². The van der Waals surface area contributed by atoms with Crippen molar-refractivity contribution in [2.45, 2.75) is 31.0 Å². The quantitative estimate of drug-likeness (QED) is 0.908. The number of amides is 1. The third kappa shape index (κ3) is 2.83. The Kier molecular flexibility index (Phi) is 3.74. The van der Waals surface area contributed by atoms with Crippen LogP contribution < -0.4 is 10.6 Å². The van der Waals surface area contributed by atoms with E-state index in [1.165, 1.54) is 27.9 Å². The Morgan fingerprint density at radius 1 is 1.38 bits per heavy atom. The summed E-state index contributed by atoms with van der Waals surface area (Å²) in [4.78, 5) is 17.3. The van der Waals surface area contributed by atoms with Gasteiger partial charge in [-0.15, -0.1) is 0 Å². The summed E-state index contributed by atoms with van der Waals surface area (Å²) in [5.41, 5.74) is 6.21. The van der Waals surface area contributed by atoms with E-state index in [1.54, 1.807) is 18.2 Å². The van der Waals surface area contributed by atoms with Crippen LogP contribution in [0, 0.1) is 0 Å². The van der Waals surface area contributed by atoms with Gasteiger partial charge in [0.15, 0.2) is 5.65 Å². The van der Waals surface area contributed by atoms with E-state index in [9.17, 15) is 18.0 Å². The molecule has 2 aromatic heterocycles. The molecule has 3 heterocycles. The van der Waals surface area contributed by atoms with E-state index in [4.69, 9.17) is 5.73 Å². The summed E-state index contributed by atoms with van der Waals surface area (Å²) in [6, 6.07) is 0.883. The minimum absolute atomic E-state index is 0.0786.